The van der Waals surface area contributed by atoms with Crippen LogP contribution in [-0.2, 0) is 4.79 Å². The fourth-order valence-electron chi connectivity index (χ4n) is 1.92. The van der Waals surface area contributed by atoms with E-state index in [1.54, 1.807) is 25.1 Å². The first-order chi connectivity index (χ1) is 10.5. The predicted molar refractivity (Wildman–Crippen MR) is 87.9 cm³/mol. The summed E-state index contributed by atoms with van der Waals surface area (Å²) < 4.78 is 10.8. The molecule has 0 saturated carbocycles. The maximum atomic E-state index is 12.2. The molecule has 1 N–H and O–H groups in total. The van der Waals surface area contributed by atoms with Crippen molar-refractivity contribution < 1.29 is 14.3 Å². The Morgan fingerprint density at radius 1 is 1.18 bits per heavy atom. The van der Waals surface area contributed by atoms with E-state index in [-0.39, 0.29) is 5.91 Å². The summed E-state index contributed by atoms with van der Waals surface area (Å²) in [6, 6.07) is 12.6. The molecule has 4 nitrogen and oxygen atoms in total. The van der Waals surface area contributed by atoms with Crippen LogP contribution in [0.2, 0.25) is 5.02 Å². The molecule has 0 fully saturated rings. The highest BCUT2D eigenvalue weighted by Gasteiger charge is 2.16. The zero-order valence-electron chi connectivity index (χ0n) is 12.7. The van der Waals surface area contributed by atoms with Gasteiger partial charge >= 0.3 is 0 Å². The molecule has 0 heterocycles. The molecule has 0 aromatic heterocycles. The van der Waals surface area contributed by atoms with Gasteiger partial charge in [0.2, 0.25) is 0 Å². The van der Waals surface area contributed by atoms with Gasteiger partial charge in [-0.15, -0.1) is 0 Å². The minimum atomic E-state index is -0.623. The number of carbonyl (C=O) groups is 1. The third-order valence-electron chi connectivity index (χ3n) is 3.19. The van der Waals surface area contributed by atoms with Crippen LogP contribution in [0, 0.1) is 6.92 Å². The summed E-state index contributed by atoms with van der Waals surface area (Å²) in [7, 11) is 1.54. The quantitative estimate of drug-likeness (QED) is 0.904. The second-order valence-corrected chi connectivity index (χ2v) is 5.27. The lowest BCUT2D eigenvalue weighted by atomic mass is 10.2. The van der Waals surface area contributed by atoms with Crippen molar-refractivity contribution >= 4 is 23.2 Å². The summed E-state index contributed by atoms with van der Waals surface area (Å²) in [6.07, 6.45) is -0.623. The summed E-state index contributed by atoms with van der Waals surface area (Å²) in [4.78, 5) is 12.2. The van der Waals surface area contributed by atoms with Gasteiger partial charge in [-0.05, 0) is 43.7 Å². The van der Waals surface area contributed by atoms with E-state index in [2.05, 4.69) is 5.32 Å². The Labute approximate surface area is 135 Å². The zero-order chi connectivity index (χ0) is 16.1. The number of para-hydroxylation sites is 1. The van der Waals surface area contributed by atoms with Gasteiger partial charge in [-0.2, -0.15) is 0 Å². The lowest BCUT2D eigenvalue weighted by molar-refractivity contribution is -0.122. The Bertz CT molecular complexity index is 673. The molecule has 0 spiro atoms. The Balaban J connectivity index is 2.02. The smallest absolute Gasteiger partial charge is 0.265 e. The van der Waals surface area contributed by atoms with E-state index < -0.39 is 6.10 Å². The molecule has 0 aliphatic rings. The molecule has 1 atom stereocenters. The monoisotopic (exact) mass is 319 g/mol. The van der Waals surface area contributed by atoms with Crippen LogP contribution in [0.3, 0.4) is 0 Å². The number of methoxy groups -OCH3 is 1. The van der Waals surface area contributed by atoms with Crippen molar-refractivity contribution in [3.05, 3.63) is 53.1 Å². The average molecular weight is 320 g/mol. The largest absolute Gasteiger partial charge is 0.495 e. The molecule has 5 heteroatoms. The molecule has 0 saturated heterocycles. The molecule has 116 valence electrons. The number of ether oxygens (including phenoxy) is 2. The minimum absolute atomic E-state index is 0.246. The van der Waals surface area contributed by atoms with E-state index in [9.17, 15) is 4.79 Å². The van der Waals surface area contributed by atoms with Gasteiger partial charge in [-0.25, -0.2) is 0 Å². The first-order valence-corrected chi connectivity index (χ1v) is 7.25. The summed E-state index contributed by atoms with van der Waals surface area (Å²) in [5.74, 6) is 1.01. The first kappa shape index (κ1) is 16.2. The molecule has 22 heavy (non-hydrogen) atoms. The molecule has 1 amide bonds. The second-order valence-electron chi connectivity index (χ2n) is 4.86. The third kappa shape index (κ3) is 3.92. The molecule has 2 rings (SSSR count). The van der Waals surface area contributed by atoms with Crippen molar-refractivity contribution in [3.8, 4) is 11.5 Å². The molecule has 0 bridgehead atoms. The Morgan fingerprint density at radius 2 is 1.91 bits per heavy atom. The normalized spacial score (nSPS) is 11.6. The van der Waals surface area contributed by atoms with Crippen LogP contribution >= 0.6 is 11.6 Å². The third-order valence-corrected chi connectivity index (χ3v) is 3.48. The molecule has 2 aromatic carbocycles. The van der Waals surface area contributed by atoms with Gasteiger partial charge < -0.3 is 14.8 Å². The zero-order valence-corrected chi connectivity index (χ0v) is 13.5. The van der Waals surface area contributed by atoms with E-state index in [0.29, 0.717) is 22.2 Å². The molecule has 0 radical (unpaired) electrons. The van der Waals surface area contributed by atoms with Crippen LogP contribution in [0.25, 0.3) is 0 Å². The van der Waals surface area contributed by atoms with Crippen molar-refractivity contribution in [2.24, 2.45) is 0 Å². The van der Waals surface area contributed by atoms with Gasteiger partial charge in [0.1, 0.15) is 11.5 Å². The Kier molecular flexibility index (Phi) is 5.28. The Morgan fingerprint density at radius 3 is 2.55 bits per heavy atom. The second kappa shape index (κ2) is 7.18. The number of amides is 1. The number of hydrogen-bond donors (Lipinski definition) is 1. The number of nitrogens with one attached hydrogen (secondary N) is 1. The van der Waals surface area contributed by atoms with Crippen molar-refractivity contribution in [1.82, 2.24) is 0 Å². The molecule has 0 unspecified atom stereocenters. The fraction of sp³-hybridized carbons (Fsp3) is 0.235. The van der Waals surface area contributed by atoms with Crippen LogP contribution in [0.5, 0.6) is 11.5 Å². The number of hydrogen-bond acceptors (Lipinski definition) is 3. The lowest BCUT2D eigenvalue weighted by Crippen LogP contribution is -2.30. The van der Waals surface area contributed by atoms with E-state index in [4.69, 9.17) is 21.1 Å². The fourth-order valence-corrected chi connectivity index (χ4v) is 2.18. The number of rotatable bonds is 5. The van der Waals surface area contributed by atoms with E-state index >= 15 is 0 Å². The topological polar surface area (TPSA) is 47.6 Å². The summed E-state index contributed by atoms with van der Waals surface area (Å²) >= 11 is 6.04. The maximum Gasteiger partial charge on any atom is 0.265 e. The van der Waals surface area contributed by atoms with Gasteiger partial charge in [-0.3, -0.25) is 4.79 Å². The van der Waals surface area contributed by atoms with Gasteiger partial charge in [0.25, 0.3) is 5.91 Å². The minimum Gasteiger partial charge on any atom is -0.495 e. The summed E-state index contributed by atoms with van der Waals surface area (Å²) in [5.41, 5.74) is 1.57. The standard InChI is InChI=1S/C17H18ClNO3/c1-11-6-4-5-7-15(11)22-12(2)17(20)19-13-8-9-16(21-3)14(18)10-13/h4-10,12H,1-3H3,(H,19,20)/t12-/m0/s1. The Hall–Kier alpha value is -2.20. The van der Waals surface area contributed by atoms with Gasteiger partial charge in [0.15, 0.2) is 6.10 Å². The van der Waals surface area contributed by atoms with Crippen molar-refractivity contribution in [1.29, 1.82) is 0 Å². The van der Waals surface area contributed by atoms with Crippen molar-refractivity contribution in [2.75, 3.05) is 12.4 Å². The SMILES string of the molecule is COc1ccc(NC(=O)[C@H](C)Oc2ccccc2C)cc1Cl. The van der Waals surface area contributed by atoms with E-state index in [0.717, 1.165) is 5.56 Å². The molecule has 0 aliphatic carbocycles. The van der Waals surface area contributed by atoms with Gasteiger partial charge in [-0.1, -0.05) is 29.8 Å². The first-order valence-electron chi connectivity index (χ1n) is 6.88. The highest BCUT2D eigenvalue weighted by atomic mass is 35.5. The number of benzene rings is 2. The lowest BCUT2D eigenvalue weighted by Gasteiger charge is -2.16. The van der Waals surface area contributed by atoms with Crippen LogP contribution in [0.4, 0.5) is 5.69 Å². The number of carbonyl (C=O) groups excluding carboxylic acids is 1. The number of anilines is 1. The number of halogens is 1. The summed E-state index contributed by atoms with van der Waals surface area (Å²) in [5, 5.41) is 3.21. The molecular formula is C17H18ClNO3. The highest BCUT2D eigenvalue weighted by Crippen LogP contribution is 2.27. The van der Waals surface area contributed by atoms with Crippen LogP contribution in [0.15, 0.2) is 42.5 Å². The van der Waals surface area contributed by atoms with Crippen molar-refractivity contribution in [3.63, 3.8) is 0 Å². The van der Waals surface area contributed by atoms with E-state index in [1.165, 1.54) is 7.11 Å². The van der Waals surface area contributed by atoms with Crippen LogP contribution < -0.4 is 14.8 Å². The van der Waals surface area contributed by atoms with Crippen LogP contribution in [-0.4, -0.2) is 19.1 Å². The molecule has 0 aliphatic heterocycles. The van der Waals surface area contributed by atoms with E-state index in [1.807, 2.05) is 31.2 Å². The van der Waals surface area contributed by atoms with Gasteiger partial charge in [0, 0.05) is 5.69 Å². The highest BCUT2D eigenvalue weighted by molar-refractivity contribution is 6.32. The number of aryl methyl sites for hydroxylation is 1. The molecular weight excluding hydrogens is 302 g/mol. The van der Waals surface area contributed by atoms with Crippen molar-refractivity contribution in [2.45, 2.75) is 20.0 Å². The molecule has 2 aromatic rings. The predicted octanol–water partition coefficient (Wildman–Crippen LogP) is 4.06. The maximum absolute atomic E-state index is 12.2. The summed E-state index contributed by atoms with van der Waals surface area (Å²) in [6.45, 7) is 3.64. The van der Waals surface area contributed by atoms with Gasteiger partial charge in [0.05, 0.1) is 12.1 Å². The van der Waals surface area contributed by atoms with Crippen LogP contribution in [0.1, 0.15) is 12.5 Å². The average Bonchev–Trinajstić information content (AvgIpc) is 2.49.